The predicted octanol–water partition coefficient (Wildman–Crippen LogP) is 4.73. The summed E-state index contributed by atoms with van der Waals surface area (Å²) in [7, 11) is 0. The van der Waals surface area contributed by atoms with Gasteiger partial charge in [-0.25, -0.2) is 0 Å². The number of rotatable bonds is 7. The predicted molar refractivity (Wildman–Crippen MR) is 106 cm³/mol. The van der Waals surface area contributed by atoms with Crippen molar-refractivity contribution in [3.05, 3.63) is 68.8 Å². The Balaban J connectivity index is 1.56. The summed E-state index contributed by atoms with van der Waals surface area (Å²) in [6.45, 7) is 5.21. The van der Waals surface area contributed by atoms with Gasteiger partial charge in [-0.05, 0) is 65.7 Å². The molecule has 6 nitrogen and oxygen atoms in total. The molecule has 0 radical (unpaired) electrons. The van der Waals surface area contributed by atoms with Crippen LogP contribution in [0.25, 0.3) is 0 Å². The number of amides is 1. The first-order valence-corrected chi connectivity index (χ1v) is 9.61. The van der Waals surface area contributed by atoms with E-state index < -0.39 is 0 Å². The number of carbonyl (C=O) groups excluding carboxylic acids is 1. The van der Waals surface area contributed by atoms with E-state index in [-0.39, 0.29) is 18.3 Å². The van der Waals surface area contributed by atoms with E-state index in [2.05, 4.69) is 26.3 Å². The molecule has 0 saturated heterocycles. The van der Waals surface area contributed by atoms with Crippen molar-refractivity contribution in [3.63, 3.8) is 0 Å². The molecule has 27 heavy (non-hydrogen) atoms. The third-order valence-corrected chi connectivity index (χ3v) is 4.82. The van der Waals surface area contributed by atoms with Gasteiger partial charge in [-0.15, -0.1) is 0 Å². The van der Waals surface area contributed by atoms with Crippen LogP contribution in [-0.4, -0.2) is 15.7 Å². The number of hydrogen-bond donors (Lipinski definition) is 1. The second-order valence-corrected chi connectivity index (χ2v) is 7.22. The van der Waals surface area contributed by atoms with Gasteiger partial charge in [0.05, 0.1) is 16.7 Å². The van der Waals surface area contributed by atoms with Crippen LogP contribution in [0.15, 0.2) is 45.4 Å². The highest BCUT2D eigenvalue weighted by Crippen LogP contribution is 2.23. The van der Waals surface area contributed by atoms with E-state index in [9.17, 15) is 4.79 Å². The van der Waals surface area contributed by atoms with Gasteiger partial charge in [0.1, 0.15) is 18.1 Å². The van der Waals surface area contributed by atoms with Crippen molar-refractivity contribution in [1.82, 2.24) is 15.1 Å². The molecule has 1 aromatic carbocycles. The zero-order valence-corrected chi connectivity index (χ0v) is 17.3. The van der Waals surface area contributed by atoms with Crippen LogP contribution in [-0.2, 0) is 19.7 Å². The lowest BCUT2D eigenvalue weighted by atomic mass is 10.2. The normalized spacial score (nSPS) is 10.8. The average Bonchev–Trinajstić information content (AvgIpc) is 3.25. The van der Waals surface area contributed by atoms with Gasteiger partial charge in [0.15, 0.2) is 5.76 Å². The van der Waals surface area contributed by atoms with Crippen LogP contribution in [0.2, 0.25) is 5.02 Å². The van der Waals surface area contributed by atoms with Gasteiger partial charge in [0, 0.05) is 17.8 Å². The third kappa shape index (κ3) is 4.93. The largest absolute Gasteiger partial charge is 0.485 e. The maximum absolute atomic E-state index is 12.3. The summed E-state index contributed by atoms with van der Waals surface area (Å²) in [5.74, 6) is 1.21. The second-order valence-electron chi connectivity index (χ2n) is 5.93. The van der Waals surface area contributed by atoms with E-state index in [1.54, 1.807) is 22.9 Å². The number of halogens is 2. The quantitative estimate of drug-likeness (QED) is 0.563. The Bertz CT molecular complexity index is 952. The van der Waals surface area contributed by atoms with E-state index in [0.29, 0.717) is 17.3 Å². The third-order valence-electron chi connectivity index (χ3n) is 3.92. The highest BCUT2D eigenvalue weighted by atomic mass is 79.9. The maximum Gasteiger partial charge on any atom is 0.287 e. The molecule has 1 N–H and O–H groups in total. The second kappa shape index (κ2) is 8.63. The summed E-state index contributed by atoms with van der Waals surface area (Å²) in [4.78, 5) is 12.3. The molecule has 8 heteroatoms. The van der Waals surface area contributed by atoms with Crippen molar-refractivity contribution in [1.29, 1.82) is 0 Å². The topological polar surface area (TPSA) is 69.3 Å². The minimum absolute atomic E-state index is 0.224. The summed E-state index contributed by atoms with van der Waals surface area (Å²) < 4.78 is 14.0. The van der Waals surface area contributed by atoms with E-state index in [1.165, 1.54) is 0 Å². The lowest BCUT2D eigenvalue weighted by Gasteiger charge is -2.07. The molecule has 2 heterocycles. The first-order valence-electron chi connectivity index (χ1n) is 8.44. The van der Waals surface area contributed by atoms with Crippen molar-refractivity contribution in [2.75, 3.05) is 0 Å². The first kappa shape index (κ1) is 19.5. The highest BCUT2D eigenvalue weighted by Gasteiger charge is 2.14. The van der Waals surface area contributed by atoms with Crippen molar-refractivity contribution < 1.29 is 13.9 Å². The van der Waals surface area contributed by atoms with Gasteiger partial charge < -0.3 is 14.5 Å². The van der Waals surface area contributed by atoms with Crippen molar-refractivity contribution >= 4 is 33.4 Å². The number of carbonyl (C=O) groups is 1. The van der Waals surface area contributed by atoms with E-state index in [0.717, 1.165) is 28.0 Å². The van der Waals surface area contributed by atoms with Crippen LogP contribution < -0.4 is 10.1 Å². The Kier molecular flexibility index (Phi) is 6.23. The minimum Gasteiger partial charge on any atom is -0.485 e. The Hall–Kier alpha value is -2.25. The monoisotopic (exact) mass is 451 g/mol. The van der Waals surface area contributed by atoms with Crippen LogP contribution in [0.4, 0.5) is 0 Å². The van der Waals surface area contributed by atoms with Crippen LogP contribution in [0.5, 0.6) is 5.75 Å². The molecule has 0 aliphatic carbocycles. The molecule has 3 rings (SSSR count). The molecule has 0 aliphatic heterocycles. The summed E-state index contributed by atoms with van der Waals surface area (Å²) >= 11 is 9.38. The fraction of sp³-hybridized carbons (Fsp3) is 0.263. The van der Waals surface area contributed by atoms with Crippen LogP contribution in [0, 0.1) is 6.92 Å². The van der Waals surface area contributed by atoms with Gasteiger partial charge >= 0.3 is 0 Å². The number of aromatic nitrogens is 2. The molecule has 0 saturated carbocycles. The summed E-state index contributed by atoms with van der Waals surface area (Å²) in [6.07, 6.45) is 1.88. The zero-order valence-electron chi connectivity index (χ0n) is 15.0. The standard InChI is InChI=1S/C19H19BrClN3O3/c1-3-24-10-15(20)16(23-24)9-22-19(25)18-7-5-14(27-18)11-26-17-6-4-13(21)8-12(17)2/h4-8,10H,3,9,11H2,1-2H3,(H,22,25). The van der Waals surface area contributed by atoms with Gasteiger partial charge in [-0.3, -0.25) is 9.48 Å². The Morgan fingerprint density at radius 2 is 2.19 bits per heavy atom. The summed E-state index contributed by atoms with van der Waals surface area (Å²) in [5, 5.41) is 7.83. The number of furan rings is 1. The van der Waals surface area contributed by atoms with Gasteiger partial charge in [-0.1, -0.05) is 11.6 Å². The molecule has 0 spiro atoms. The first-order chi connectivity index (χ1) is 13.0. The maximum atomic E-state index is 12.3. The number of aryl methyl sites for hydroxylation is 2. The average molecular weight is 453 g/mol. The Morgan fingerprint density at radius 1 is 1.37 bits per heavy atom. The van der Waals surface area contributed by atoms with Crippen LogP contribution in [0.1, 0.15) is 34.5 Å². The molecule has 142 valence electrons. The van der Waals surface area contributed by atoms with E-state index >= 15 is 0 Å². The molecule has 0 atom stereocenters. The molecule has 2 aromatic heterocycles. The molecular formula is C19H19BrClN3O3. The fourth-order valence-corrected chi connectivity index (χ4v) is 3.15. The molecule has 1 amide bonds. The number of hydrogen-bond acceptors (Lipinski definition) is 4. The molecule has 0 bridgehead atoms. The smallest absolute Gasteiger partial charge is 0.287 e. The molecule has 0 aliphatic rings. The lowest BCUT2D eigenvalue weighted by Crippen LogP contribution is -2.22. The van der Waals surface area contributed by atoms with Crippen molar-refractivity contribution in [3.8, 4) is 5.75 Å². The van der Waals surface area contributed by atoms with Crippen LogP contribution >= 0.6 is 27.5 Å². The van der Waals surface area contributed by atoms with Crippen LogP contribution in [0.3, 0.4) is 0 Å². The number of nitrogens with zero attached hydrogens (tertiary/aromatic N) is 2. The molecule has 0 unspecified atom stereocenters. The summed E-state index contributed by atoms with van der Waals surface area (Å²) in [6, 6.07) is 8.75. The minimum atomic E-state index is -0.304. The van der Waals surface area contributed by atoms with Crippen molar-refractivity contribution in [2.45, 2.75) is 33.5 Å². The van der Waals surface area contributed by atoms with E-state index in [4.69, 9.17) is 20.8 Å². The molecule has 3 aromatic rings. The number of benzene rings is 1. The fourth-order valence-electron chi connectivity index (χ4n) is 2.47. The zero-order chi connectivity index (χ0) is 19.4. The van der Waals surface area contributed by atoms with Gasteiger partial charge in [0.25, 0.3) is 5.91 Å². The Labute approximate surface area is 170 Å². The SMILES string of the molecule is CCn1cc(Br)c(CNC(=O)c2ccc(COc3ccc(Cl)cc3C)o2)n1. The van der Waals surface area contributed by atoms with Gasteiger partial charge in [0.2, 0.25) is 0 Å². The highest BCUT2D eigenvalue weighted by molar-refractivity contribution is 9.10. The Morgan fingerprint density at radius 3 is 2.89 bits per heavy atom. The van der Waals surface area contributed by atoms with E-state index in [1.807, 2.05) is 32.2 Å². The molecular weight excluding hydrogens is 434 g/mol. The number of ether oxygens (including phenoxy) is 1. The van der Waals surface area contributed by atoms with Gasteiger partial charge in [-0.2, -0.15) is 5.10 Å². The van der Waals surface area contributed by atoms with Crippen molar-refractivity contribution in [2.24, 2.45) is 0 Å². The lowest BCUT2D eigenvalue weighted by molar-refractivity contribution is 0.0918. The molecule has 0 fully saturated rings. The number of nitrogens with one attached hydrogen (secondary N) is 1. The summed E-state index contributed by atoms with van der Waals surface area (Å²) in [5.41, 5.74) is 1.70.